The Morgan fingerprint density at radius 2 is 2.03 bits per heavy atom. The Morgan fingerprint density at radius 3 is 2.79 bits per heavy atom. The highest BCUT2D eigenvalue weighted by molar-refractivity contribution is 8.00. The molecule has 0 radical (unpaired) electrons. The third-order valence-electron chi connectivity index (χ3n) is 5.20. The molecule has 0 aliphatic heterocycles. The molecule has 1 saturated carbocycles. The molecule has 5 rings (SSSR count). The molecule has 3 aromatic heterocycles. The summed E-state index contributed by atoms with van der Waals surface area (Å²) in [6.07, 6.45) is 5.15. The van der Waals surface area contributed by atoms with Gasteiger partial charge >= 0.3 is 0 Å². The van der Waals surface area contributed by atoms with E-state index >= 15 is 0 Å². The average molecular weight is 500 g/mol. The van der Waals surface area contributed by atoms with E-state index in [1.807, 2.05) is 0 Å². The Hall–Kier alpha value is -3.44. The minimum atomic E-state index is -0.575. The molecule has 0 saturated heterocycles. The van der Waals surface area contributed by atoms with Crippen LogP contribution in [0, 0.1) is 5.82 Å². The first-order valence-corrected chi connectivity index (χ1v) is 11.5. The summed E-state index contributed by atoms with van der Waals surface area (Å²) in [5.74, 6) is 0.263. The molecule has 1 aliphatic carbocycles. The lowest BCUT2D eigenvalue weighted by atomic mass is 10.1. The topological polar surface area (TPSA) is 107 Å². The van der Waals surface area contributed by atoms with Crippen LogP contribution in [0.1, 0.15) is 12.8 Å². The van der Waals surface area contributed by atoms with E-state index in [1.165, 1.54) is 48.2 Å². The van der Waals surface area contributed by atoms with Gasteiger partial charge in [0.15, 0.2) is 5.65 Å². The summed E-state index contributed by atoms with van der Waals surface area (Å²) in [5.41, 5.74) is 0.873. The number of ether oxygens (including phenoxy) is 1. The lowest BCUT2D eigenvalue weighted by Gasteiger charge is -2.12. The van der Waals surface area contributed by atoms with Crippen LogP contribution in [0.5, 0.6) is 5.88 Å². The second-order valence-corrected chi connectivity index (χ2v) is 8.99. The molecule has 0 unspecified atom stereocenters. The second-order valence-electron chi connectivity index (χ2n) is 7.71. The Kier molecular flexibility index (Phi) is 5.96. The number of hydrogen-bond donors (Lipinski definition) is 2. The number of nitrogens with zero attached hydrogens (tertiary/aromatic N) is 5. The van der Waals surface area contributed by atoms with Crippen LogP contribution in [-0.2, 0) is 7.05 Å². The van der Waals surface area contributed by atoms with Crippen LogP contribution in [0.3, 0.4) is 0 Å². The first-order chi connectivity index (χ1) is 16.4. The number of rotatable bonds is 7. The van der Waals surface area contributed by atoms with Gasteiger partial charge in [-0.1, -0.05) is 11.6 Å². The van der Waals surface area contributed by atoms with Crippen LogP contribution < -0.4 is 20.3 Å². The first-order valence-electron chi connectivity index (χ1n) is 10.4. The molecule has 3 heterocycles. The van der Waals surface area contributed by atoms with Crippen molar-refractivity contribution in [3.05, 3.63) is 57.9 Å². The molecular weight excluding hydrogens is 481 g/mol. The van der Waals surface area contributed by atoms with Crippen LogP contribution in [-0.4, -0.2) is 37.7 Å². The van der Waals surface area contributed by atoms with Crippen molar-refractivity contribution in [1.29, 1.82) is 0 Å². The molecule has 174 valence electrons. The van der Waals surface area contributed by atoms with Crippen LogP contribution in [0.15, 0.2) is 46.3 Å². The second kappa shape index (κ2) is 9.07. The molecule has 4 aromatic rings. The first kappa shape index (κ1) is 22.4. The third-order valence-corrected chi connectivity index (χ3v) is 6.25. The normalized spacial score (nSPS) is 13.2. The predicted octanol–water partition coefficient (Wildman–Crippen LogP) is 4.28. The molecule has 0 amide bonds. The zero-order valence-corrected chi connectivity index (χ0v) is 19.7. The van der Waals surface area contributed by atoms with Crippen molar-refractivity contribution in [3.8, 4) is 17.1 Å². The Morgan fingerprint density at radius 1 is 1.21 bits per heavy atom. The average Bonchev–Trinajstić information content (AvgIpc) is 3.65. The quantitative estimate of drug-likeness (QED) is 0.360. The molecule has 1 aliphatic rings. The lowest BCUT2D eigenvalue weighted by Crippen LogP contribution is -2.22. The number of pyridine rings is 1. The monoisotopic (exact) mass is 499 g/mol. The van der Waals surface area contributed by atoms with E-state index in [4.69, 9.17) is 16.3 Å². The minimum absolute atomic E-state index is 0.0327. The van der Waals surface area contributed by atoms with Crippen molar-refractivity contribution in [2.45, 2.75) is 23.8 Å². The maximum atomic E-state index is 14.8. The Labute approximate surface area is 202 Å². The van der Waals surface area contributed by atoms with E-state index in [-0.39, 0.29) is 11.3 Å². The van der Waals surface area contributed by atoms with Crippen LogP contribution in [0.4, 0.5) is 16.0 Å². The van der Waals surface area contributed by atoms with Gasteiger partial charge in [-0.3, -0.25) is 9.36 Å². The van der Waals surface area contributed by atoms with Crippen molar-refractivity contribution in [1.82, 2.24) is 24.5 Å². The van der Waals surface area contributed by atoms with Crippen LogP contribution in [0.25, 0.3) is 22.4 Å². The maximum Gasteiger partial charge on any atom is 0.278 e. The summed E-state index contributed by atoms with van der Waals surface area (Å²) in [7, 11) is 3.09. The number of aryl methyl sites for hydroxylation is 1. The summed E-state index contributed by atoms with van der Waals surface area (Å²) < 4.78 is 24.5. The number of fused-ring (bicyclic) bond motifs is 1. The van der Waals surface area contributed by atoms with Gasteiger partial charge in [-0.05, 0) is 49.1 Å². The van der Waals surface area contributed by atoms with Crippen molar-refractivity contribution in [2.75, 3.05) is 17.1 Å². The number of nitrogens with one attached hydrogen (secondary N) is 2. The maximum absolute atomic E-state index is 14.8. The zero-order valence-electron chi connectivity index (χ0n) is 18.2. The standard InChI is InChI=1S/C22H19ClFN7O2S/c1-31-19-16(10-26-22(29-19)27-12-3-4-12)28-18(21(31)32)14-8-13(5-6-15(14)24)30-34-17-7-11(23)9-25-20(17)33-2/h5-10,12,30H,3-4H2,1-2H3,(H,26,27,29). The number of halogens is 2. The number of methoxy groups -OCH3 is 1. The van der Waals surface area contributed by atoms with E-state index in [9.17, 15) is 9.18 Å². The van der Waals surface area contributed by atoms with Crippen molar-refractivity contribution >= 4 is 46.3 Å². The van der Waals surface area contributed by atoms with Gasteiger partial charge < -0.3 is 14.8 Å². The van der Waals surface area contributed by atoms with Crippen LogP contribution >= 0.6 is 23.5 Å². The fourth-order valence-electron chi connectivity index (χ4n) is 3.29. The molecule has 34 heavy (non-hydrogen) atoms. The Balaban J connectivity index is 1.48. The largest absolute Gasteiger partial charge is 0.480 e. The summed E-state index contributed by atoms with van der Waals surface area (Å²) in [5, 5.41) is 3.65. The molecule has 9 nitrogen and oxygen atoms in total. The highest BCUT2D eigenvalue weighted by Crippen LogP contribution is 2.32. The molecule has 0 atom stereocenters. The van der Waals surface area contributed by atoms with Gasteiger partial charge in [0.1, 0.15) is 17.0 Å². The van der Waals surface area contributed by atoms with Crippen molar-refractivity contribution < 1.29 is 9.13 Å². The third kappa shape index (κ3) is 4.48. The summed E-state index contributed by atoms with van der Waals surface area (Å²) in [6, 6.07) is 6.41. The van der Waals surface area contributed by atoms with E-state index in [0.717, 1.165) is 12.8 Å². The lowest BCUT2D eigenvalue weighted by molar-refractivity contribution is 0.387. The fraction of sp³-hybridized carbons (Fsp3) is 0.227. The SMILES string of the molecule is COc1ncc(Cl)cc1SNc1ccc(F)c(-c2nc3cnc(NC4CC4)nc3n(C)c2=O)c1. The number of anilines is 2. The summed E-state index contributed by atoms with van der Waals surface area (Å²) in [6.45, 7) is 0. The summed E-state index contributed by atoms with van der Waals surface area (Å²) >= 11 is 7.23. The van der Waals surface area contributed by atoms with Gasteiger partial charge in [0.05, 0.1) is 23.2 Å². The molecule has 0 spiro atoms. The predicted molar refractivity (Wildman–Crippen MR) is 130 cm³/mol. The molecular formula is C22H19ClFN7O2S. The van der Waals surface area contributed by atoms with Gasteiger partial charge in [0.2, 0.25) is 11.8 Å². The molecule has 2 N–H and O–H groups in total. The highest BCUT2D eigenvalue weighted by Gasteiger charge is 2.23. The fourth-order valence-corrected chi connectivity index (χ4v) is 4.28. The summed E-state index contributed by atoms with van der Waals surface area (Å²) in [4.78, 5) is 30.9. The van der Waals surface area contributed by atoms with E-state index in [2.05, 4.69) is 30.0 Å². The molecule has 12 heteroatoms. The van der Waals surface area contributed by atoms with Crippen molar-refractivity contribution in [2.24, 2.45) is 7.05 Å². The van der Waals surface area contributed by atoms with Crippen LogP contribution in [0.2, 0.25) is 5.02 Å². The highest BCUT2D eigenvalue weighted by atomic mass is 35.5. The van der Waals surface area contributed by atoms with Gasteiger partial charge in [0.25, 0.3) is 5.56 Å². The van der Waals surface area contributed by atoms with E-state index in [0.29, 0.717) is 44.6 Å². The number of hydrogen-bond acceptors (Lipinski definition) is 9. The van der Waals surface area contributed by atoms with E-state index in [1.54, 1.807) is 19.2 Å². The minimum Gasteiger partial charge on any atom is -0.480 e. The van der Waals surface area contributed by atoms with Gasteiger partial charge in [-0.15, -0.1) is 0 Å². The number of aromatic nitrogens is 5. The molecule has 1 fully saturated rings. The smallest absolute Gasteiger partial charge is 0.278 e. The van der Waals surface area contributed by atoms with Gasteiger partial charge in [-0.2, -0.15) is 4.98 Å². The zero-order chi connectivity index (χ0) is 23.8. The number of benzene rings is 1. The van der Waals surface area contributed by atoms with Crippen molar-refractivity contribution in [3.63, 3.8) is 0 Å². The van der Waals surface area contributed by atoms with Gasteiger partial charge in [-0.25, -0.2) is 19.3 Å². The van der Waals surface area contributed by atoms with E-state index < -0.39 is 11.4 Å². The Bertz CT molecular complexity index is 1460. The van der Waals surface area contributed by atoms with Gasteiger partial charge in [0, 0.05) is 30.5 Å². The molecule has 1 aromatic carbocycles. The molecule has 0 bridgehead atoms.